The van der Waals surface area contributed by atoms with Gasteiger partial charge in [0.25, 0.3) is 10.0 Å². The number of benzene rings is 1. The van der Waals surface area contributed by atoms with Crippen molar-refractivity contribution in [3.63, 3.8) is 0 Å². The third-order valence-corrected chi connectivity index (χ3v) is 6.82. The molecule has 1 fully saturated rings. The molecule has 26 heavy (non-hydrogen) atoms. The van der Waals surface area contributed by atoms with Crippen molar-refractivity contribution in [3.8, 4) is 0 Å². The van der Waals surface area contributed by atoms with E-state index in [1.54, 1.807) is 4.90 Å². The van der Waals surface area contributed by atoms with Gasteiger partial charge in [-0.1, -0.05) is 11.6 Å². The van der Waals surface area contributed by atoms with Crippen molar-refractivity contribution in [1.29, 1.82) is 0 Å². The van der Waals surface area contributed by atoms with E-state index in [0.29, 0.717) is 32.0 Å². The molecule has 2 aromatic rings. The molecule has 0 spiro atoms. The summed E-state index contributed by atoms with van der Waals surface area (Å²) in [4.78, 5) is 1.78. The zero-order valence-corrected chi connectivity index (χ0v) is 15.6. The molecule has 0 radical (unpaired) electrons. The number of hydrogen-bond acceptors (Lipinski definition) is 5. The third-order valence-electron chi connectivity index (χ3n) is 3.73. The molecule has 0 bridgehead atoms. The van der Waals surface area contributed by atoms with E-state index >= 15 is 0 Å². The monoisotopic (exact) mass is 426 g/mol. The van der Waals surface area contributed by atoms with Crippen LogP contribution in [0.3, 0.4) is 0 Å². The Morgan fingerprint density at radius 3 is 2.42 bits per heavy atom. The van der Waals surface area contributed by atoms with E-state index < -0.39 is 21.8 Å². The molecular weight excluding hydrogens is 413 g/mol. The van der Waals surface area contributed by atoms with E-state index in [-0.39, 0.29) is 14.2 Å². The van der Waals surface area contributed by atoms with Crippen LogP contribution in [-0.2, 0) is 20.9 Å². The molecule has 2 heterocycles. The van der Waals surface area contributed by atoms with Crippen LogP contribution in [0.2, 0.25) is 4.34 Å². The third kappa shape index (κ3) is 4.25. The van der Waals surface area contributed by atoms with E-state index in [4.69, 9.17) is 16.3 Å². The van der Waals surface area contributed by atoms with Gasteiger partial charge in [0.1, 0.15) is 4.21 Å². The number of sulfonamides is 1. The Morgan fingerprint density at radius 2 is 1.85 bits per heavy atom. The van der Waals surface area contributed by atoms with E-state index in [2.05, 4.69) is 4.72 Å². The number of halogens is 4. The molecule has 1 aliphatic heterocycles. The summed E-state index contributed by atoms with van der Waals surface area (Å²) in [6.45, 7) is 1.72. The first-order valence-corrected chi connectivity index (χ1v) is 10.2. The zero-order chi connectivity index (χ0) is 18.9. The van der Waals surface area contributed by atoms with Crippen LogP contribution in [0.15, 0.2) is 34.5 Å². The van der Waals surface area contributed by atoms with Gasteiger partial charge >= 0.3 is 6.18 Å². The fourth-order valence-corrected chi connectivity index (χ4v) is 5.06. The second kappa shape index (κ2) is 7.26. The van der Waals surface area contributed by atoms with Gasteiger partial charge in [0.15, 0.2) is 0 Å². The van der Waals surface area contributed by atoms with Gasteiger partial charge in [-0.2, -0.15) is 13.2 Å². The van der Waals surface area contributed by atoms with Crippen LogP contribution in [0.4, 0.5) is 24.5 Å². The first kappa shape index (κ1) is 19.3. The zero-order valence-electron chi connectivity index (χ0n) is 13.2. The highest BCUT2D eigenvalue weighted by Crippen LogP contribution is 2.37. The molecule has 0 atom stereocenters. The van der Waals surface area contributed by atoms with Crippen LogP contribution in [0, 0.1) is 0 Å². The van der Waals surface area contributed by atoms with Gasteiger partial charge in [-0.15, -0.1) is 11.3 Å². The average Bonchev–Trinajstić information content (AvgIpc) is 3.02. The number of anilines is 2. The van der Waals surface area contributed by atoms with Crippen LogP contribution >= 0.6 is 22.9 Å². The minimum absolute atomic E-state index is 0.0761. The van der Waals surface area contributed by atoms with Crippen LogP contribution in [0.1, 0.15) is 5.56 Å². The molecule has 11 heteroatoms. The molecule has 0 unspecified atom stereocenters. The SMILES string of the molecule is O=S(=O)(Nc1cc(C(F)(F)F)ccc1N1CCOCC1)c1ccc(Cl)s1. The number of thiophene rings is 1. The Balaban J connectivity index is 2.01. The fourth-order valence-electron chi connectivity index (χ4n) is 2.51. The Morgan fingerprint density at radius 1 is 1.15 bits per heavy atom. The maximum atomic E-state index is 13.1. The minimum atomic E-state index is -4.59. The van der Waals surface area contributed by atoms with Crippen LogP contribution in [0.5, 0.6) is 0 Å². The molecule has 3 rings (SSSR count). The van der Waals surface area contributed by atoms with Crippen molar-refractivity contribution in [2.75, 3.05) is 35.9 Å². The molecular formula is C15H14ClF3N2O3S2. The fraction of sp³-hybridized carbons (Fsp3) is 0.333. The normalized spacial score (nSPS) is 15.9. The summed E-state index contributed by atoms with van der Waals surface area (Å²) in [5.74, 6) is 0. The summed E-state index contributed by atoms with van der Waals surface area (Å²) >= 11 is 6.59. The van der Waals surface area contributed by atoms with Crippen LogP contribution < -0.4 is 9.62 Å². The van der Waals surface area contributed by atoms with E-state index in [0.717, 1.165) is 23.5 Å². The lowest BCUT2D eigenvalue weighted by Crippen LogP contribution is -2.36. The van der Waals surface area contributed by atoms with Crippen molar-refractivity contribution >= 4 is 44.3 Å². The number of morpholine rings is 1. The molecule has 1 N–H and O–H groups in total. The molecule has 1 aromatic carbocycles. The summed E-state index contributed by atoms with van der Waals surface area (Å²) in [5.41, 5.74) is -0.699. The highest BCUT2D eigenvalue weighted by molar-refractivity contribution is 7.94. The van der Waals surface area contributed by atoms with Crippen molar-refractivity contribution < 1.29 is 26.3 Å². The number of ether oxygens (including phenoxy) is 1. The standard InChI is InChI=1S/C15H14ClF3N2O3S2/c16-13-3-4-14(25-13)26(22,23)20-11-9-10(15(17,18)19)1-2-12(11)21-5-7-24-8-6-21/h1-4,9,20H,5-8H2. The maximum absolute atomic E-state index is 13.1. The average molecular weight is 427 g/mol. The molecule has 1 aliphatic rings. The molecule has 5 nitrogen and oxygen atoms in total. The number of nitrogens with zero attached hydrogens (tertiary/aromatic N) is 1. The lowest BCUT2D eigenvalue weighted by atomic mass is 10.1. The van der Waals surface area contributed by atoms with Crippen molar-refractivity contribution in [1.82, 2.24) is 0 Å². The smallest absolute Gasteiger partial charge is 0.378 e. The van der Waals surface area contributed by atoms with Gasteiger partial charge in [-0.3, -0.25) is 4.72 Å². The summed E-state index contributed by atoms with van der Waals surface area (Å²) in [7, 11) is -4.06. The van der Waals surface area contributed by atoms with E-state index in [1.807, 2.05) is 0 Å². The predicted octanol–water partition coefficient (Wildman–Crippen LogP) is 4.06. The van der Waals surface area contributed by atoms with Gasteiger partial charge in [0.05, 0.1) is 34.5 Å². The second-order valence-corrected chi connectivity index (χ2v) is 9.12. The quantitative estimate of drug-likeness (QED) is 0.801. The molecule has 142 valence electrons. The maximum Gasteiger partial charge on any atom is 0.416 e. The topological polar surface area (TPSA) is 58.6 Å². The lowest BCUT2D eigenvalue weighted by Gasteiger charge is -2.31. The van der Waals surface area contributed by atoms with Crippen LogP contribution in [0.25, 0.3) is 0 Å². The van der Waals surface area contributed by atoms with Gasteiger partial charge < -0.3 is 9.64 Å². The van der Waals surface area contributed by atoms with Crippen molar-refractivity contribution in [2.45, 2.75) is 10.4 Å². The van der Waals surface area contributed by atoms with E-state index in [1.165, 1.54) is 18.2 Å². The Bertz CT molecular complexity index is 894. The first-order chi connectivity index (χ1) is 12.2. The van der Waals surface area contributed by atoms with Gasteiger partial charge in [-0.05, 0) is 30.3 Å². The van der Waals surface area contributed by atoms with Gasteiger partial charge in [-0.25, -0.2) is 8.42 Å². The highest BCUT2D eigenvalue weighted by Gasteiger charge is 2.32. The van der Waals surface area contributed by atoms with Gasteiger partial charge in [0, 0.05) is 13.1 Å². The summed E-state index contributed by atoms with van der Waals surface area (Å²) in [6.07, 6.45) is -4.59. The number of nitrogens with one attached hydrogen (secondary N) is 1. The van der Waals surface area contributed by atoms with Crippen molar-refractivity contribution in [3.05, 3.63) is 40.2 Å². The number of alkyl halides is 3. The minimum Gasteiger partial charge on any atom is -0.378 e. The lowest BCUT2D eigenvalue weighted by molar-refractivity contribution is -0.137. The second-order valence-electron chi connectivity index (χ2n) is 5.49. The van der Waals surface area contributed by atoms with Gasteiger partial charge in [0.2, 0.25) is 0 Å². The molecule has 1 aromatic heterocycles. The Labute approximate surface area is 157 Å². The molecule has 0 saturated carbocycles. The largest absolute Gasteiger partial charge is 0.416 e. The highest BCUT2D eigenvalue weighted by atomic mass is 35.5. The predicted molar refractivity (Wildman–Crippen MR) is 94.6 cm³/mol. The number of hydrogen-bond donors (Lipinski definition) is 1. The van der Waals surface area contributed by atoms with Crippen molar-refractivity contribution in [2.24, 2.45) is 0 Å². The summed E-state index contributed by atoms with van der Waals surface area (Å²) < 4.78 is 72.0. The summed E-state index contributed by atoms with van der Waals surface area (Å²) in [5, 5.41) is 0. The van der Waals surface area contributed by atoms with Crippen LogP contribution in [-0.4, -0.2) is 34.7 Å². The first-order valence-electron chi connectivity index (χ1n) is 7.49. The number of rotatable bonds is 4. The molecule has 0 aliphatic carbocycles. The Hall–Kier alpha value is -1.49. The molecule has 0 amide bonds. The molecule has 1 saturated heterocycles. The summed E-state index contributed by atoms with van der Waals surface area (Å²) in [6, 6.07) is 5.72. The Kier molecular flexibility index (Phi) is 5.38. The van der Waals surface area contributed by atoms with E-state index in [9.17, 15) is 21.6 Å².